The molecule has 0 bridgehead atoms. The summed E-state index contributed by atoms with van der Waals surface area (Å²) in [6, 6.07) is 8.74. The van der Waals surface area contributed by atoms with Crippen LogP contribution in [0.5, 0.6) is 0 Å². The van der Waals surface area contributed by atoms with Crippen molar-refractivity contribution < 1.29 is 8.42 Å². The maximum atomic E-state index is 12.9. The molecule has 2 aromatic rings. The van der Waals surface area contributed by atoms with E-state index in [1.54, 1.807) is 30.4 Å². The lowest BCUT2D eigenvalue weighted by Crippen LogP contribution is -2.36. The minimum absolute atomic E-state index is 0.127. The van der Waals surface area contributed by atoms with Gasteiger partial charge in [0, 0.05) is 23.2 Å². The molecule has 0 saturated heterocycles. The van der Waals surface area contributed by atoms with Crippen LogP contribution >= 0.6 is 11.3 Å². The Bertz CT molecular complexity index is 707. The largest absolute Gasteiger partial charge is 0.399 e. The van der Waals surface area contributed by atoms with E-state index in [1.165, 1.54) is 10.4 Å². The molecule has 0 aliphatic rings. The number of benzene rings is 1. The highest BCUT2D eigenvalue weighted by Crippen LogP contribution is 2.26. The lowest BCUT2D eigenvalue weighted by atomic mass is 10.2. The summed E-state index contributed by atoms with van der Waals surface area (Å²) >= 11 is 1.56. The van der Waals surface area contributed by atoms with Crippen molar-refractivity contribution in [2.24, 2.45) is 0 Å². The molecule has 0 aliphatic heterocycles. The summed E-state index contributed by atoms with van der Waals surface area (Å²) in [5.41, 5.74) is 6.92. The molecule has 6 heteroatoms. The van der Waals surface area contributed by atoms with Gasteiger partial charge in [-0.25, -0.2) is 8.42 Å². The average Bonchev–Trinajstić information content (AvgIpc) is 2.91. The monoisotopic (exact) mass is 324 g/mol. The Morgan fingerprint density at radius 1 is 1.29 bits per heavy atom. The van der Waals surface area contributed by atoms with Crippen molar-refractivity contribution >= 4 is 27.0 Å². The van der Waals surface area contributed by atoms with Gasteiger partial charge in [0.05, 0.1) is 4.90 Å². The molecule has 0 amide bonds. The summed E-state index contributed by atoms with van der Waals surface area (Å²) in [5.74, 6) is 0. The fraction of sp³-hybridized carbons (Fsp3) is 0.333. The predicted molar refractivity (Wildman–Crippen MR) is 87.8 cm³/mol. The lowest BCUT2D eigenvalue weighted by molar-refractivity contribution is 0.350. The van der Waals surface area contributed by atoms with Gasteiger partial charge < -0.3 is 5.73 Å². The zero-order valence-corrected chi connectivity index (χ0v) is 14.0. The Hall–Kier alpha value is -1.37. The minimum atomic E-state index is -3.57. The van der Waals surface area contributed by atoms with Gasteiger partial charge in [0.2, 0.25) is 10.0 Å². The number of sulfonamides is 1. The van der Waals surface area contributed by atoms with E-state index in [0.29, 0.717) is 17.8 Å². The van der Waals surface area contributed by atoms with Crippen LogP contribution in [0.15, 0.2) is 40.6 Å². The molecular weight excluding hydrogens is 304 g/mol. The van der Waals surface area contributed by atoms with E-state index in [2.05, 4.69) is 0 Å². The van der Waals surface area contributed by atoms with Gasteiger partial charge >= 0.3 is 0 Å². The molecule has 21 heavy (non-hydrogen) atoms. The van der Waals surface area contributed by atoms with E-state index in [-0.39, 0.29) is 10.9 Å². The predicted octanol–water partition coefficient (Wildman–Crippen LogP) is 3.24. The number of nitrogens with zero attached hydrogens (tertiary/aromatic N) is 1. The number of anilines is 1. The van der Waals surface area contributed by atoms with Crippen LogP contribution in [-0.2, 0) is 16.6 Å². The molecule has 0 saturated carbocycles. The summed E-state index contributed by atoms with van der Waals surface area (Å²) in [6.45, 7) is 5.93. The van der Waals surface area contributed by atoms with Gasteiger partial charge in [-0.2, -0.15) is 4.31 Å². The van der Waals surface area contributed by atoms with E-state index in [4.69, 9.17) is 5.73 Å². The highest BCUT2D eigenvalue weighted by molar-refractivity contribution is 7.89. The first-order valence-corrected chi connectivity index (χ1v) is 9.04. The number of hydrogen-bond donors (Lipinski definition) is 1. The molecule has 0 atom stereocenters. The second-order valence-electron chi connectivity index (χ2n) is 5.25. The topological polar surface area (TPSA) is 63.4 Å². The van der Waals surface area contributed by atoms with Crippen LogP contribution in [0.1, 0.15) is 24.3 Å². The van der Waals surface area contributed by atoms with E-state index < -0.39 is 10.0 Å². The van der Waals surface area contributed by atoms with Crippen LogP contribution < -0.4 is 5.73 Å². The highest BCUT2D eigenvalue weighted by Gasteiger charge is 2.28. The van der Waals surface area contributed by atoms with Crippen molar-refractivity contribution in [3.05, 3.63) is 46.2 Å². The Morgan fingerprint density at radius 3 is 2.57 bits per heavy atom. The van der Waals surface area contributed by atoms with Crippen molar-refractivity contribution in [2.45, 2.75) is 38.3 Å². The van der Waals surface area contributed by atoms with Gasteiger partial charge in [0.1, 0.15) is 0 Å². The first-order chi connectivity index (χ1) is 9.82. The molecule has 0 aliphatic carbocycles. The van der Waals surface area contributed by atoms with Gasteiger partial charge in [-0.1, -0.05) is 12.1 Å². The number of nitrogens with two attached hydrogens (primary N) is 1. The van der Waals surface area contributed by atoms with Crippen LogP contribution in [0.25, 0.3) is 0 Å². The number of thiophene rings is 1. The fourth-order valence-corrected chi connectivity index (χ4v) is 4.78. The second kappa shape index (κ2) is 6.17. The molecule has 2 rings (SSSR count). The molecule has 4 nitrogen and oxygen atoms in total. The summed E-state index contributed by atoms with van der Waals surface area (Å²) in [5, 5.41) is 1.95. The van der Waals surface area contributed by atoms with Crippen molar-refractivity contribution in [1.29, 1.82) is 0 Å². The molecule has 114 valence electrons. The molecular formula is C15H20N2O2S2. The third kappa shape index (κ3) is 3.45. The molecule has 0 radical (unpaired) electrons. The number of nitrogen functional groups attached to an aromatic ring is 1. The number of rotatable bonds is 5. The smallest absolute Gasteiger partial charge is 0.243 e. The summed E-state index contributed by atoms with van der Waals surface area (Å²) < 4.78 is 27.4. The minimum Gasteiger partial charge on any atom is -0.399 e. The third-order valence-electron chi connectivity index (χ3n) is 3.27. The van der Waals surface area contributed by atoms with Gasteiger partial charge in [-0.05, 0) is 49.9 Å². The van der Waals surface area contributed by atoms with Gasteiger partial charge in [-0.15, -0.1) is 11.3 Å². The average molecular weight is 324 g/mol. The van der Waals surface area contributed by atoms with Gasteiger partial charge in [-0.3, -0.25) is 0 Å². The number of hydrogen-bond acceptors (Lipinski definition) is 4. The molecule has 0 fully saturated rings. The Balaban J connectivity index is 2.45. The van der Waals surface area contributed by atoms with Crippen molar-refractivity contribution in [1.82, 2.24) is 4.31 Å². The maximum Gasteiger partial charge on any atom is 0.243 e. The molecule has 0 unspecified atom stereocenters. The van der Waals surface area contributed by atoms with E-state index in [1.807, 2.05) is 31.4 Å². The van der Waals surface area contributed by atoms with E-state index in [0.717, 1.165) is 4.88 Å². The Kier molecular flexibility index (Phi) is 4.70. The normalized spacial score (nSPS) is 12.2. The zero-order valence-electron chi connectivity index (χ0n) is 12.4. The summed E-state index contributed by atoms with van der Waals surface area (Å²) in [6.07, 6.45) is 0. The quantitative estimate of drug-likeness (QED) is 0.859. The van der Waals surface area contributed by atoms with Gasteiger partial charge in [0.25, 0.3) is 0 Å². The molecule has 0 spiro atoms. The second-order valence-corrected chi connectivity index (χ2v) is 8.14. The fourth-order valence-electron chi connectivity index (χ4n) is 2.12. The van der Waals surface area contributed by atoms with Crippen molar-refractivity contribution in [2.75, 3.05) is 5.73 Å². The summed E-state index contributed by atoms with van der Waals surface area (Å²) in [4.78, 5) is 1.31. The van der Waals surface area contributed by atoms with Crippen LogP contribution in [-0.4, -0.2) is 18.8 Å². The van der Waals surface area contributed by atoms with E-state index in [9.17, 15) is 8.42 Å². The van der Waals surface area contributed by atoms with Gasteiger partial charge in [0.15, 0.2) is 0 Å². The van der Waals surface area contributed by atoms with E-state index >= 15 is 0 Å². The number of aryl methyl sites for hydroxylation is 1. The SMILES string of the molecule is Cc1ccc(N)cc1S(=O)(=O)N(Cc1cccs1)C(C)C. The first-order valence-electron chi connectivity index (χ1n) is 6.72. The molecule has 1 aromatic carbocycles. The summed E-state index contributed by atoms with van der Waals surface area (Å²) in [7, 11) is -3.57. The highest BCUT2D eigenvalue weighted by atomic mass is 32.2. The Morgan fingerprint density at radius 2 is 2.00 bits per heavy atom. The van der Waals surface area contributed by atoms with Crippen LogP contribution in [0.3, 0.4) is 0 Å². The maximum absolute atomic E-state index is 12.9. The first kappa shape index (κ1) is 16.0. The Labute approximate surface area is 130 Å². The van der Waals surface area contributed by atoms with Crippen LogP contribution in [0.4, 0.5) is 5.69 Å². The standard InChI is InChI=1S/C15H20N2O2S2/c1-11(2)17(10-14-5-4-8-20-14)21(18,19)15-9-13(16)7-6-12(15)3/h4-9,11H,10,16H2,1-3H3. The van der Waals surface area contributed by atoms with Crippen molar-refractivity contribution in [3.63, 3.8) is 0 Å². The van der Waals surface area contributed by atoms with Crippen LogP contribution in [0.2, 0.25) is 0 Å². The molecule has 2 N–H and O–H groups in total. The molecule has 1 aromatic heterocycles. The van der Waals surface area contributed by atoms with Crippen molar-refractivity contribution in [3.8, 4) is 0 Å². The zero-order chi connectivity index (χ0) is 15.6. The van der Waals surface area contributed by atoms with Crippen LogP contribution in [0, 0.1) is 6.92 Å². The molecule has 1 heterocycles. The lowest BCUT2D eigenvalue weighted by Gasteiger charge is -2.26. The third-order valence-corrected chi connectivity index (χ3v) is 6.29.